The first-order valence-corrected chi connectivity index (χ1v) is 4.06. The molecule has 4 heteroatoms. The summed E-state index contributed by atoms with van der Waals surface area (Å²) in [6, 6.07) is 5.11. The number of hydrogen-bond donors (Lipinski definition) is 1. The van der Waals surface area contributed by atoms with Gasteiger partial charge in [-0.25, -0.2) is 0 Å². The normalized spacial score (nSPS) is 10.0. The molecule has 0 spiro atoms. The third-order valence-corrected chi connectivity index (χ3v) is 2.10. The maximum Gasteiger partial charge on any atom is 0.150 e. The Morgan fingerprint density at radius 1 is 1.55 bits per heavy atom. The first-order chi connectivity index (χ1) is 5.25. The van der Waals surface area contributed by atoms with Gasteiger partial charge in [0.25, 0.3) is 0 Å². The highest BCUT2D eigenvalue weighted by Crippen LogP contribution is 2.34. The monoisotopic (exact) mass is 190 g/mol. The number of para-hydroxylation sites is 1. The van der Waals surface area contributed by atoms with Crippen molar-refractivity contribution in [2.75, 3.05) is 7.11 Å². The van der Waals surface area contributed by atoms with Crippen LogP contribution in [0.2, 0.25) is 5.02 Å². The predicted octanol–water partition coefficient (Wildman–Crippen LogP) is 2.70. The number of phenolic OH excluding ortho intramolecular Hbond substituents is 1. The number of phenols is 1. The van der Waals surface area contributed by atoms with Crippen LogP contribution in [0.5, 0.6) is 5.75 Å². The Labute approximate surface area is 74.3 Å². The molecule has 0 saturated carbocycles. The molecule has 0 fully saturated rings. The van der Waals surface area contributed by atoms with Crippen LogP contribution >= 0.6 is 23.6 Å². The molecule has 1 aromatic rings. The molecule has 1 N–H and O–H groups in total. The van der Waals surface area contributed by atoms with E-state index in [0.717, 1.165) is 12.0 Å². The largest absolute Gasteiger partial charge is 0.505 e. The summed E-state index contributed by atoms with van der Waals surface area (Å²) in [5.74, 6) is 0.0704. The zero-order valence-electron chi connectivity index (χ0n) is 5.87. The summed E-state index contributed by atoms with van der Waals surface area (Å²) in [6.45, 7) is 0. The van der Waals surface area contributed by atoms with Crippen LogP contribution in [0.3, 0.4) is 0 Å². The fraction of sp³-hybridized carbons (Fsp3) is 0.143. The average molecular weight is 191 g/mol. The van der Waals surface area contributed by atoms with Crippen molar-refractivity contribution in [2.24, 2.45) is 0 Å². The number of hydrogen-bond acceptors (Lipinski definition) is 3. The van der Waals surface area contributed by atoms with Crippen molar-refractivity contribution < 1.29 is 9.29 Å². The van der Waals surface area contributed by atoms with Gasteiger partial charge in [-0.3, -0.25) is 0 Å². The highest BCUT2D eigenvalue weighted by molar-refractivity contribution is 7.94. The number of halogens is 1. The van der Waals surface area contributed by atoms with Crippen LogP contribution in [0.4, 0.5) is 0 Å². The van der Waals surface area contributed by atoms with Gasteiger partial charge in [-0.15, -0.1) is 0 Å². The lowest BCUT2D eigenvalue weighted by molar-refractivity contribution is 0.453. The first kappa shape index (κ1) is 8.71. The van der Waals surface area contributed by atoms with Crippen molar-refractivity contribution in [1.82, 2.24) is 0 Å². The van der Waals surface area contributed by atoms with E-state index in [0.29, 0.717) is 9.92 Å². The molecule has 0 unspecified atom stereocenters. The fourth-order valence-electron chi connectivity index (χ4n) is 0.653. The molecule has 0 aliphatic rings. The quantitative estimate of drug-likeness (QED) is 0.728. The first-order valence-electron chi connectivity index (χ1n) is 2.94. The van der Waals surface area contributed by atoms with E-state index in [1.165, 1.54) is 7.11 Å². The topological polar surface area (TPSA) is 29.5 Å². The Bertz CT molecular complexity index is 252. The summed E-state index contributed by atoms with van der Waals surface area (Å²) < 4.78 is 4.76. The van der Waals surface area contributed by atoms with Gasteiger partial charge in [0, 0.05) is 12.0 Å². The molecule has 11 heavy (non-hydrogen) atoms. The number of benzene rings is 1. The van der Waals surface area contributed by atoms with Crippen molar-refractivity contribution in [3.63, 3.8) is 0 Å². The summed E-state index contributed by atoms with van der Waals surface area (Å²) in [5.41, 5.74) is 0. The van der Waals surface area contributed by atoms with E-state index in [4.69, 9.17) is 15.8 Å². The second-order valence-electron chi connectivity index (χ2n) is 1.84. The minimum absolute atomic E-state index is 0.0704. The van der Waals surface area contributed by atoms with E-state index in [2.05, 4.69) is 0 Å². The number of aromatic hydroxyl groups is 1. The van der Waals surface area contributed by atoms with Gasteiger partial charge in [-0.2, -0.15) is 0 Å². The van der Waals surface area contributed by atoms with Gasteiger partial charge in [0.15, 0.2) is 0 Å². The van der Waals surface area contributed by atoms with Gasteiger partial charge in [0.05, 0.1) is 17.0 Å². The molecule has 1 rings (SSSR count). The Balaban J connectivity index is 2.96. The lowest BCUT2D eigenvalue weighted by atomic mass is 10.3. The van der Waals surface area contributed by atoms with Crippen LogP contribution < -0.4 is 0 Å². The molecule has 0 amide bonds. The van der Waals surface area contributed by atoms with Crippen molar-refractivity contribution in [2.45, 2.75) is 4.90 Å². The predicted molar refractivity (Wildman–Crippen MR) is 46.0 cm³/mol. The molecular formula is C7H7ClO2S. The standard InChI is InChI=1S/C7H7ClO2S/c1-10-11-6-4-2-3-5(8)7(6)9/h2-4,9H,1H3. The highest BCUT2D eigenvalue weighted by atomic mass is 35.5. The van der Waals surface area contributed by atoms with Gasteiger partial charge in [0.2, 0.25) is 0 Å². The SMILES string of the molecule is COSc1cccc(Cl)c1O. The van der Waals surface area contributed by atoms with Gasteiger partial charge in [0.1, 0.15) is 5.75 Å². The number of rotatable bonds is 2. The second kappa shape index (κ2) is 3.85. The third-order valence-electron chi connectivity index (χ3n) is 1.12. The molecule has 0 bridgehead atoms. The molecule has 60 valence electrons. The van der Waals surface area contributed by atoms with E-state index in [-0.39, 0.29) is 5.75 Å². The van der Waals surface area contributed by atoms with Gasteiger partial charge < -0.3 is 9.29 Å². The van der Waals surface area contributed by atoms with Crippen molar-refractivity contribution in [1.29, 1.82) is 0 Å². The van der Waals surface area contributed by atoms with E-state index >= 15 is 0 Å². The molecule has 0 saturated heterocycles. The van der Waals surface area contributed by atoms with Gasteiger partial charge >= 0.3 is 0 Å². The van der Waals surface area contributed by atoms with E-state index in [1.54, 1.807) is 18.2 Å². The summed E-state index contributed by atoms with van der Waals surface area (Å²) in [6.07, 6.45) is 0. The Hall–Kier alpha value is -0.380. The van der Waals surface area contributed by atoms with Crippen LogP contribution in [-0.2, 0) is 4.18 Å². The second-order valence-corrected chi connectivity index (χ2v) is 3.18. The summed E-state index contributed by atoms with van der Waals surface area (Å²) >= 11 is 6.71. The molecule has 0 aliphatic heterocycles. The molecule has 0 aliphatic carbocycles. The summed E-state index contributed by atoms with van der Waals surface area (Å²) in [7, 11) is 1.53. The molecule has 2 nitrogen and oxygen atoms in total. The smallest absolute Gasteiger partial charge is 0.150 e. The lowest BCUT2D eigenvalue weighted by Crippen LogP contribution is -1.75. The van der Waals surface area contributed by atoms with Crippen LogP contribution in [-0.4, -0.2) is 12.2 Å². The van der Waals surface area contributed by atoms with Crippen LogP contribution in [0, 0.1) is 0 Å². The molecular weight excluding hydrogens is 184 g/mol. The van der Waals surface area contributed by atoms with E-state index < -0.39 is 0 Å². The van der Waals surface area contributed by atoms with Crippen LogP contribution in [0.1, 0.15) is 0 Å². The fourth-order valence-corrected chi connectivity index (χ4v) is 1.39. The minimum atomic E-state index is 0.0704. The maximum atomic E-state index is 9.30. The average Bonchev–Trinajstić information content (AvgIpc) is 1.99. The molecule has 0 heterocycles. The zero-order chi connectivity index (χ0) is 8.27. The highest BCUT2D eigenvalue weighted by Gasteiger charge is 2.04. The molecule has 1 aromatic carbocycles. The van der Waals surface area contributed by atoms with Gasteiger partial charge in [-0.1, -0.05) is 17.7 Å². The molecule has 0 radical (unpaired) electrons. The van der Waals surface area contributed by atoms with Crippen LogP contribution in [0.15, 0.2) is 23.1 Å². The van der Waals surface area contributed by atoms with Crippen LogP contribution in [0.25, 0.3) is 0 Å². The van der Waals surface area contributed by atoms with Crippen molar-refractivity contribution >= 4 is 23.6 Å². The summed E-state index contributed by atoms with van der Waals surface area (Å²) in [4.78, 5) is 0.625. The van der Waals surface area contributed by atoms with E-state index in [9.17, 15) is 5.11 Å². The molecule has 0 atom stereocenters. The Morgan fingerprint density at radius 3 is 2.91 bits per heavy atom. The third kappa shape index (κ3) is 2.02. The van der Waals surface area contributed by atoms with Crippen molar-refractivity contribution in [3.8, 4) is 5.75 Å². The Kier molecular flexibility index (Phi) is 3.05. The summed E-state index contributed by atoms with van der Waals surface area (Å²) in [5, 5.41) is 9.64. The lowest BCUT2D eigenvalue weighted by Gasteiger charge is -2.01. The minimum Gasteiger partial charge on any atom is -0.505 e. The molecule has 0 aromatic heterocycles. The zero-order valence-corrected chi connectivity index (χ0v) is 7.45. The van der Waals surface area contributed by atoms with Crippen molar-refractivity contribution in [3.05, 3.63) is 23.2 Å². The maximum absolute atomic E-state index is 9.30. The van der Waals surface area contributed by atoms with E-state index in [1.807, 2.05) is 0 Å². The van der Waals surface area contributed by atoms with Gasteiger partial charge in [-0.05, 0) is 12.1 Å². The Morgan fingerprint density at radius 2 is 2.27 bits per heavy atom.